The molecule has 2 aromatic heterocycles. The number of aliphatic hydroxyl groups is 1. The van der Waals surface area contributed by atoms with E-state index in [9.17, 15) is 5.11 Å². The zero-order chi connectivity index (χ0) is 12.5. The van der Waals surface area contributed by atoms with Crippen LogP contribution in [0.5, 0.6) is 0 Å². The second-order valence-corrected chi connectivity index (χ2v) is 5.64. The summed E-state index contributed by atoms with van der Waals surface area (Å²) in [5, 5.41) is 12.2. The van der Waals surface area contributed by atoms with Gasteiger partial charge in [0.25, 0.3) is 0 Å². The van der Waals surface area contributed by atoms with E-state index in [0.717, 1.165) is 23.7 Å². The van der Waals surface area contributed by atoms with E-state index in [1.807, 2.05) is 22.2 Å². The van der Waals surface area contributed by atoms with Gasteiger partial charge in [-0.3, -0.25) is 4.40 Å². The number of rotatable bonds is 3. The molecule has 0 amide bonds. The van der Waals surface area contributed by atoms with Gasteiger partial charge in [0.2, 0.25) is 0 Å². The Morgan fingerprint density at radius 2 is 2.56 bits per heavy atom. The van der Waals surface area contributed by atoms with E-state index in [2.05, 4.69) is 16.9 Å². The van der Waals surface area contributed by atoms with Crippen molar-refractivity contribution in [2.75, 3.05) is 26.7 Å². The van der Waals surface area contributed by atoms with Crippen LogP contribution in [0.4, 0.5) is 0 Å². The zero-order valence-corrected chi connectivity index (χ0v) is 11.1. The van der Waals surface area contributed by atoms with Crippen LogP contribution in [-0.2, 0) is 11.2 Å². The van der Waals surface area contributed by atoms with Crippen molar-refractivity contribution >= 4 is 16.3 Å². The normalized spacial score (nSPS) is 23.6. The molecule has 18 heavy (non-hydrogen) atoms. The fraction of sp³-hybridized carbons (Fsp3) is 0.583. The van der Waals surface area contributed by atoms with E-state index in [0.29, 0.717) is 13.0 Å². The Labute approximate surface area is 110 Å². The monoisotopic (exact) mass is 267 g/mol. The third-order valence-electron chi connectivity index (χ3n) is 3.29. The molecule has 2 unspecified atom stereocenters. The third kappa shape index (κ3) is 2.42. The molecule has 0 radical (unpaired) electrons. The molecule has 3 rings (SSSR count). The average Bonchev–Trinajstić information content (AvgIpc) is 2.89. The lowest BCUT2D eigenvalue weighted by Crippen LogP contribution is -2.46. The molecule has 1 saturated heterocycles. The summed E-state index contributed by atoms with van der Waals surface area (Å²) < 4.78 is 7.60. The molecule has 5 nitrogen and oxygen atoms in total. The van der Waals surface area contributed by atoms with Gasteiger partial charge in [-0.05, 0) is 7.05 Å². The number of likely N-dealkylation sites (N-methyl/N-ethyl adjacent to an activating group) is 1. The number of ether oxygens (including phenoxy) is 1. The van der Waals surface area contributed by atoms with Crippen molar-refractivity contribution in [3.63, 3.8) is 0 Å². The number of hydrogen-bond donors (Lipinski definition) is 1. The lowest BCUT2D eigenvalue weighted by molar-refractivity contribution is -0.0825. The minimum atomic E-state index is -0.489. The second-order valence-electron chi connectivity index (χ2n) is 4.77. The Hall–Kier alpha value is -0.950. The highest BCUT2D eigenvalue weighted by Gasteiger charge is 2.25. The fourth-order valence-corrected chi connectivity index (χ4v) is 2.98. The van der Waals surface area contributed by atoms with Gasteiger partial charge in [-0.1, -0.05) is 0 Å². The number of fused-ring (bicyclic) bond motifs is 1. The van der Waals surface area contributed by atoms with Crippen LogP contribution in [0.2, 0.25) is 0 Å². The van der Waals surface area contributed by atoms with Gasteiger partial charge in [-0.25, -0.2) is 4.98 Å². The van der Waals surface area contributed by atoms with Crippen LogP contribution >= 0.6 is 11.3 Å². The van der Waals surface area contributed by atoms with Crippen LogP contribution in [0, 0.1) is 0 Å². The number of hydrogen-bond acceptors (Lipinski definition) is 5. The average molecular weight is 267 g/mol. The van der Waals surface area contributed by atoms with Crippen molar-refractivity contribution < 1.29 is 9.84 Å². The molecule has 2 aromatic rings. The molecule has 1 aliphatic rings. The maximum Gasteiger partial charge on any atom is 0.193 e. The van der Waals surface area contributed by atoms with Crippen molar-refractivity contribution in [3.05, 3.63) is 23.5 Å². The summed E-state index contributed by atoms with van der Waals surface area (Å²) in [5.41, 5.74) is 0.922. The van der Waals surface area contributed by atoms with Gasteiger partial charge in [0.1, 0.15) is 0 Å². The Kier molecular flexibility index (Phi) is 3.34. The third-order valence-corrected chi connectivity index (χ3v) is 4.06. The fourth-order valence-electron chi connectivity index (χ4n) is 2.26. The summed E-state index contributed by atoms with van der Waals surface area (Å²) in [7, 11) is 2.05. The van der Waals surface area contributed by atoms with Crippen molar-refractivity contribution in [2.45, 2.75) is 18.6 Å². The van der Waals surface area contributed by atoms with Gasteiger partial charge in [0, 0.05) is 37.3 Å². The molecule has 0 saturated carbocycles. The van der Waals surface area contributed by atoms with Crippen LogP contribution in [0.3, 0.4) is 0 Å². The first-order valence-corrected chi connectivity index (χ1v) is 6.99. The predicted octanol–water partition coefficient (Wildman–Crippen LogP) is 0.630. The smallest absolute Gasteiger partial charge is 0.193 e. The maximum absolute atomic E-state index is 10.2. The molecule has 1 fully saturated rings. The molecule has 0 bridgehead atoms. The molecule has 2 atom stereocenters. The van der Waals surface area contributed by atoms with Gasteiger partial charge >= 0.3 is 0 Å². The zero-order valence-electron chi connectivity index (χ0n) is 10.3. The minimum Gasteiger partial charge on any atom is -0.390 e. The van der Waals surface area contributed by atoms with E-state index < -0.39 is 6.10 Å². The van der Waals surface area contributed by atoms with Crippen LogP contribution in [0.15, 0.2) is 17.8 Å². The van der Waals surface area contributed by atoms with E-state index in [1.165, 1.54) is 0 Å². The lowest BCUT2D eigenvalue weighted by Gasteiger charge is -2.32. The summed E-state index contributed by atoms with van der Waals surface area (Å²) >= 11 is 1.60. The first kappa shape index (κ1) is 12.1. The number of aromatic nitrogens is 2. The molecule has 3 heterocycles. The molecule has 1 N–H and O–H groups in total. The largest absolute Gasteiger partial charge is 0.390 e. The lowest BCUT2D eigenvalue weighted by atomic mass is 10.1. The van der Waals surface area contributed by atoms with E-state index >= 15 is 0 Å². The number of morpholine rings is 1. The molecule has 98 valence electrons. The number of aliphatic hydroxyl groups excluding tert-OH is 1. The van der Waals surface area contributed by atoms with Gasteiger partial charge in [0.15, 0.2) is 4.96 Å². The topological polar surface area (TPSA) is 50.0 Å². The molecule has 1 aliphatic heterocycles. The second kappa shape index (κ2) is 4.97. The van der Waals surface area contributed by atoms with Crippen molar-refractivity contribution in [1.82, 2.24) is 14.3 Å². The Morgan fingerprint density at radius 1 is 1.67 bits per heavy atom. The van der Waals surface area contributed by atoms with Gasteiger partial charge in [-0.15, -0.1) is 11.3 Å². The Bertz CT molecular complexity index is 496. The highest BCUT2D eigenvalue weighted by atomic mass is 32.1. The molecule has 0 spiro atoms. The quantitative estimate of drug-likeness (QED) is 0.886. The van der Waals surface area contributed by atoms with E-state index in [1.54, 1.807) is 11.3 Å². The summed E-state index contributed by atoms with van der Waals surface area (Å²) in [5.74, 6) is 0. The first-order valence-electron chi connectivity index (χ1n) is 6.11. The van der Waals surface area contributed by atoms with Crippen LogP contribution in [0.1, 0.15) is 5.69 Å². The van der Waals surface area contributed by atoms with Crippen LogP contribution in [0.25, 0.3) is 4.96 Å². The first-order chi connectivity index (χ1) is 8.72. The highest BCUT2D eigenvalue weighted by Crippen LogP contribution is 2.15. The summed E-state index contributed by atoms with van der Waals surface area (Å²) in [4.78, 5) is 7.63. The van der Waals surface area contributed by atoms with Crippen LogP contribution < -0.4 is 0 Å². The van der Waals surface area contributed by atoms with Crippen molar-refractivity contribution in [3.8, 4) is 0 Å². The number of thiazole rings is 1. The van der Waals surface area contributed by atoms with E-state index in [4.69, 9.17) is 4.74 Å². The van der Waals surface area contributed by atoms with Gasteiger partial charge in [-0.2, -0.15) is 0 Å². The molecule has 0 aliphatic carbocycles. The van der Waals surface area contributed by atoms with Gasteiger partial charge in [0.05, 0.1) is 24.5 Å². The highest BCUT2D eigenvalue weighted by molar-refractivity contribution is 7.15. The molecular formula is C12H17N3O2S. The molecule has 0 aromatic carbocycles. The number of imidazole rings is 1. The number of nitrogens with zero attached hydrogens (tertiary/aromatic N) is 3. The van der Waals surface area contributed by atoms with Crippen molar-refractivity contribution in [1.29, 1.82) is 0 Å². The van der Waals surface area contributed by atoms with Crippen LogP contribution in [-0.4, -0.2) is 58.3 Å². The molecule has 6 heteroatoms. The minimum absolute atomic E-state index is 0.108. The SMILES string of the molecule is CN1CCOC(C(O)Cc2cn3ccsc3n2)C1. The van der Waals surface area contributed by atoms with Crippen molar-refractivity contribution in [2.24, 2.45) is 0 Å². The Morgan fingerprint density at radius 3 is 3.33 bits per heavy atom. The predicted molar refractivity (Wildman–Crippen MR) is 70.0 cm³/mol. The standard InChI is InChI=1S/C12H17N3O2S/c1-14-2-4-17-11(8-14)10(16)6-9-7-15-3-5-18-12(15)13-9/h3,5,7,10-11,16H,2,4,6,8H2,1H3. The summed E-state index contributed by atoms with van der Waals surface area (Å²) in [6.45, 7) is 2.41. The Balaban J connectivity index is 1.66. The maximum atomic E-state index is 10.2. The van der Waals surface area contributed by atoms with Gasteiger partial charge < -0.3 is 14.7 Å². The summed E-state index contributed by atoms with van der Waals surface area (Å²) in [6.07, 6.45) is 3.91. The summed E-state index contributed by atoms with van der Waals surface area (Å²) in [6, 6.07) is 0. The van der Waals surface area contributed by atoms with E-state index in [-0.39, 0.29) is 6.10 Å². The molecular weight excluding hydrogens is 250 g/mol.